The van der Waals surface area contributed by atoms with Gasteiger partial charge < -0.3 is 4.89 Å². The highest BCUT2D eigenvalue weighted by molar-refractivity contribution is 7.70. The molecule has 2 unspecified atom stereocenters. The number of fused-ring (bicyclic) bond motifs is 1. The van der Waals surface area contributed by atoms with Gasteiger partial charge in [-0.3, -0.25) is 14.7 Å². The van der Waals surface area contributed by atoms with Crippen molar-refractivity contribution in [3.05, 3.63) is 11.8 Å². The molecule has 14 heteroatoms. The van der Waals surface area contributed by atoms with E-state index in [-0.39, 0.29) is 0 Å². The van der Waals surface area contributed by atoms with E-state index in [0.717, 1.165) is 12.8 Å². The first-order chi connectivity index (χ1) is 10.1. The number of nitrogens with one attached hydrogen (secondary N) is 2. The third-order valence-corrected chi connectivity index (χ3v) is 7.33. The van der Waals surface area contributed by atoms with Crippen molar-refractivity contribution in [3.8, 4) is 0 Å². The molecule has 6 N–H and O–H groups in total. The molecule has 2 rings (SSSR count). The van der Waals surface area contributed by atoms with Crippen LogP contribution < -0.4 is 10.4 Å². The number of phosphoric acid groups is 2. The van der Waals surface area contributed by atoms with E-state index >= 15 is 0 Å². The second kappa shape index (κ2) is 6.93. The minimum Gasteiger partial charge on any atom is -0.302 e. The molecule has 1 aliphatic carbocycles. The summed E-state index contributed by atoms with van der Waals surface area (Å²) in [6, 6.07) is -0.430. The number of allylic oxidation sites excluding steroid dienone is 1. The van der Waals surface area contributed by atoms with Crippen LogP contribution in [0, 0.1) is 0 Å². The van der Waals surface area contributed by atoms with Crippen molar-refractivity contribution in [1.82, 2.24) is 10.4 Å². The zero-order chi connectivity index (χ0) is 16.4. The van der Waals surface area contributed by atoms with Crippen LogP contribution in [0.4, 0.5) is 0 Å². The first kappa shape index (κ1) is 18.4. The molecule has 0 bridgehead atoms. The van der Waals surface area contributed by atoms with E-state index in [0.29, 0.717) is 18.5 Å². The molecule has 0 amide bonds. The normalized spacial score (nSPS) is 40.4. The molecule has 0 saturated carbocycles. The SMILES string of the molecule is O=P1(O)OCN[C@@H]2CCCCC=C2N[P+](O)(O)OP(=O)(O)O1. The average Bonchev–Trinajstić information content (AvgIpc) is 2.50. The van der Waals surface area contributed by atoms with Crippen LogP contribution in [0.2, 0.25) is 0 Å². The molecule has 1 saturated heterocycles. The maximum Gasteiger partial charge on any atom is 0.533 e. The molecule has 1 aliphatic heterocycles. The summed E-state index contributed by atoms with van der Waals surface area (Å²) in [7, 11) is -14.7. The summed E-state index contributed by atoms with van der Waals surface area (Å²) in [5.74, 6) is 0. The van der Waals surface area contributed by atoms with Crippen molar-refractivity contribution in [3.63, 3.8) is 0 Å². The van der Waals surface area contributed by atoms with Gasteiger partial charge in [0.05, 0.1) is 11.7 Å². The Hall–Kier alpha value is 0.110. The quantitative estimate of drug-likeness (QED) is 0.331. The van der Waals surface area contributed by atoms with Crippen molar-refractivity contribution in [2.45, 2.75) is 31.7 Å². The zero-order valence-corrected chi connectivity index (χ0v) is 14.0. The molecule has 2 aliphatic rings. The Balaban J connectivity index is 2.29. The summed E-state index contributed by atoms with van der Waals surface area (Å²) in [5, 5.41) is 5.06. The van der Waals surface area contributed by atoms with Gasteiger partial charge in [-0.2, -0.15) is 19.2 Å². The predicted octanol–water partition coefficient (Wildman–Crippen LogP) is 0.876. The van der Waals surface area contributed by atoms with Gasteiger partial charge >= 0.3 is 23.7 Å². The maximum absolute atomic E-state index is 11.6. The minimum atomic E-state index is -5.23. The second-order valence-electron chi connectivity index (χ2n) is 4.73. The number of hydrogen-bond donors (Lipinski definition) is 6. The smallest absolute Gasteiger partial charge is 0.302 e. The van der Waals surface area contributed by atoms with Gasteiger partial charge in [0.25, 0.3) is 0 Å². The Morgan fingerprint density at radius 3 is 2.68 bits per heavy atom. The van der Waals surface area contributed by atoms with Crippen molar-refractivity contribution in [1.29, 1.82) is 0 Å². The molecule has 1 heterocycles. The van der Waals surface area contributed by atoms with E-state index in [1.54, 1.807) is 6.08 Å². The lowest BCUT2D eigenvalue weighted by Crippen LogP contribution is -2.37. The predicted molar refractivity (Wildman–Crippen MR) is 75.7 cm³/mol. The van der Waals surface area contributed by atoms with Gasteiger partial charge in [0, 0.05) is 0 Å². The van der Waals surface area contributed by atoms with Crippen LogP contribution >= 0.6 is 23.7 Å². The molecule has 0 aromatic carbocycles. The van der Waals surface area contributed by atoms with Crippen LogP contribution in [0.5, 0.6) is 0 Å². The molecule has 128 valence electrons. The Bertz CT molecular complexity index is 539. The standard InChI is InChI=1S/C8H17N2O9P3/c11-20(12)10-8-5-3-1-2-4-7(8)9-6-17-21(13,14)19-22(15,16)18-20/h5,7,9-12H,1-4,6H2,(H-,13,14,15,16)/p+1/t7-/m1/s1. The highest BCUT2D eigenvalue weighted by Gasteiger charge is 2.52. The van der Waals surface area contributed by atoms with Gasteiger partial charge in [-0.05, 0) is 23.6 Å². The molecule has 0 aromatic rings. The first-order valence-electron chi connectivity index (χ1n) is 6.38. The van der Waals surface area contributed by atoms with E-state index in [9.17, 15) is 28.7 Å². The number of rotatable bonds is 0. The van der Waals surface area contributed by atoms with E-state index in [4.69, 9.17) is 0 Å². The van der Waals surface area contributed by atoms with E-state index in [1.807, 2.05) is 0 Å². The lowest BCUT2D eigenvalue weighted by molar-refractivity contribution is 0.164. The largest absolute Gasteiger partial charge is 0.533 e. The molecule has 0 radical (unpaired) electrons. The highest BCUT2D eigenvalue weighted by atomic mass is 31.3. The zero-order valence-electron chi connectivity index (χ0n) is 11.4. The first-order valence-corrected chi connectivity index (χ1v) is 11.0. The molecule has 3 atom stereocenters. The summed E-state index contributed by atoms with van der Waals surface area (Å²) >= 11 is 0. The third-order valence-electron chi connectivity index (χ3n) is 2.94. The summed E-state index contributed by atoms with van der Waals surface area (Å²) < 4.78 is 35.8. The fraction of sp³-hybridized carbons (Fsp3) is 0.750. The van der Waals surface area contributed by atoms with Gasteiger partial charge in [-0.15, -0.1) is 0 Å². The van der Waals surface area contributed by atoms with Gasteiger partial charge in [0.1, 0.15) is 6.73 Å². The fourth-order valence-corrected chi connectivity index (χ4v) is 5.86. The Morgan fingerprint density at radius 2 is 1.95 bits per heavy atom. The molecule has 11 nitrogen and oxygen atoms in total. The van der Waals surface area contributed by atoms with Crippen molar-refractivity contribution < 1.29 is 41.8 Å². The molecule has 1 fully saturated rings. The number of phosphoric ester groups is 1. The van der Waals surface area contributed by atoms with E-state index in [2.05, 4.69) is 23.5 Å². The maximum atomic E-state index is 11.6. The van der Waals surface area contributed by atoms with Crippen LogP contribution in [0.15, 0.2) is 11.8 Å². The van der Waals surface area contributed by atoms with Crippen molar-refractivity contribution in [2.24, 2.45) is 0 Å². The molecule has 0 spiro atoms. The van der Waals surface area contributed by atoms with Crippen LogP contribution in [0.25, 0.3) is 0 Å². The molecule has 0 aromatic heterocycles. The minimum absolute atomic E-state index is 0.342. The summed E-state index contributed by atoms with van der Waals surface area (Å²) in [4.78, 5) is 38.2. The van der Waals surface area contributed by atoms with Gasteiger partial charge in [-0.25, -0.2) is 9.13 Å². The third kappa shape index (κ3) is 5.63. The lowest BCUT2D eigenvalue weighted by Gasteiger charge is -2.21. The number of hydrogen-bond acceptors (Lipinski definition) is 9. The van der Waals surface area contributed by atoms with Crippen molar-refractivity contribution >= 4 is 23.7 Å². The Kier molecular flexibility index (Phi) is 5.81. The summed E-state index contributed by atoms with van der Waals surface area (Å²) in [5.41, 5.74) is 0.342. The van der Waals surface area contributed by atoms with E-state index < -0.39 is 36.5 Å². The Labute approximate surface area is 127 Å². The van der Waals surface area contributed by atoms with Crippen LogP contribution in [0.1, 0.15) is 25.7 Å². The molecular weight excluding hydrogens is 361 g/mol. The van der Waals surface area contributed by atoms with Crippen LogP contribution in [-0.4, -0.2) is 32.3 Å². The van der Waals surface area contributed by atoms with Crippen LogP contribution in [0.3, 0.4) is 0 Å². The molecular formula is C8H18N2O9P3+. The second-order valence-corrected chi connectivity index (χ2v) is 9.48. The summed E-state index contributed by atoms with van der Waals surface area (Å²) in [6.45, 7) is -0.445. The monoisotopic (exact) mass is 379 g/mol. The van der Waals surface area contributed by atoms with E-state index in [1.165, 1.54) is 0 Å². The average molecular weight is 379 g/mol. The van der Waals surface area contributed by atoms with Gasteiger partial charge in [-0.1, -0.05) is 12.5 Å². The van der Waals surface area contributed by atoms with Gasteiger partial charge in [0.15, 0.2) is 0 Å². The molecule has 22 heavy (non-hydrogen) atoms. The Morgan fingerprint density at radius 1 is 1.23 bits per heavy atom. The fourth-order valence-electron chi connectivity index (χ4n) is 2.10. The van der Waals surface area contributed by atoms with Crippen LogP contribution in [-0.2, 0) is 22.3 Å². The topological polar surface area (TPSA) is 167 Å². The lowest BCUT2D eigenvalue weighted by atomic mass is 10.1. The summed E-state index contributed by atoms with van der Waals surface area (Å²) in [6.07, 6.45) is 4.64. The highest BCUT2D eigenvalue weighted by Crippen LogP contribution is 2.69. The van der Waals surface area contributed by atoms with Crippen molar-refractivity contribution in [2.75, 3.05) is 6.73 Å². The van der Waals surface area contributed by atoms with Gasteiger partial charge in [0.2, 0.25) is 0 Å².